The molecule has 0 unspecified atom stereocenters. The second-order valence-electron chi connectivity index (χ2n) is 6.01. The molecule has 2 aromatic carbocycles. The van der Waals surface area contributed by atoms with Gasteiger partial charge >= 0.3 is 0 Å². The molecule has 0 aromatic heterocycles. The fourth-order valence-corrected chi connectivity index (χ4v) is 4.14. The molecule has 0 atom stereocenters. The molecule has 2 rings (SSSR count). The van der Waals surface area contributed by atoms with Crippen LogP contribution in [-0.2, 0) is 24.8 Å². The van der Waals surface area contributed by atoms with E-state index in [1.165, 1.54) is 50.6 Å². The van der Waals surface area contributed by atoms with Gasteiger partial charge in [0, 0.05) is 12.7 Å². The number of carbonyl (C=O) groups is 1. The number of amides is 1. The van der Waals surface area contributed by atoms with Crippen LogP contribution in [-0.4, -0.2) is 47.8 Å². The molecule has 2 aromatic rings. The fraction of sp³-hybridized carbons (Fsp3) is 0.235. The van der Waals surface area contributed by atoms with Crippen molar-refractivity contribution in [2.75, 3.05) is 26.0 Å². The summed E-state index contributed by atoms with van der Waals surface area (Å²) >= 11 is 0. The van der Waals surface area contributed by atoms with Gasteiger partial charge in [-0.15, -0.1) is 0 Å². The Morgan fingerprint density at radius 1 is 1.07 bits per heavy atom. The number of primary sulfonamides is 1. The zero-order valence-electron chi connectivity index (χ0n) is 15.5. The number of ether oxygens (including phenoxy) is 1. The Balaban J connectivity index is 2.09. The highest BCUT2D eigenvalue weighted by Gasteiger charge is 2.23. The van der Waals surface area contributed by atoms with Crippen molar-refractivity contribution in [3.05, 3.63) is 48.0 Å². The van der Waals surface area contributed by atoms with E-state index in [0.29, 0.717) is 17.0 Å². The van der Waals surface area contributed by atoms with E-state index in [-0.39, 0.29) is 9.79 Å². The van der Waals surface area contributed by atoms with Crippen molar-refractivity contribution >= 4 is 31.6 Å². The number of hydrogen-bond acceptors (Lipinski definition) is 6. The summed E-state index contributed by atoms with van der Waals surface area (Å²) in [4.78, 5) is 12.1. The highest BCUT2D eigenvalue weighted by molar-refractivity contribution is 7.89. The minimum atomic E-state index is -3.88. The van der Waals surface area contributed by atoms with Crippen molar-refractivity contribution in [1.29, 1.82) is 0 Å². The zero-order valence-corrected chi connectivity index (χ0v) is 17.2. The molecular weight excluding hydrogens is 406 g/mol. The quantitative estimate of drug-likeness (QED) is 0.674. The largest absolute Gasteiger partial charge is 0.496 e. The van der Waals surface area contributed by atoms with Gasteiger partial charge in [-0.3, -0.25) is 4.79 Å². The predicted molar refractivity (Wildman–Crippen MR) is 104 cm³/mol. The van der Waals surface area contributed by atoms with Gasteiger partial charge < -0.3 is 10.1 Å². The normalized spacial score (nSPS) is 12.0. The number of sulfonamides is 2. The summed E-state index contributed by atoms with van der Waals surface area (Å²) < 4.78 is 53.8. The predicted octanol–water partition coefficient (Wildman–Crippen LogP) is 0.910. The van der Waals surface area contributed by atoms with Gasteiger partial charge in [-0.25, -0.2) is 22.0 Å². The van der Waals surface area contributed by atoms with E-state index in [9.17, 15) is 21.6 Å². The molecule has 1 amide bonds. The molecule has 11 heteroatoms. The van der Waals surface area contributed by atoms with Crippen LogP contribution in [0.15, 0.2) is 52.3 Å². The number of hydrogen-bond donors (Lipinski definition) is 2. The van der Waals surface area contributed by atoms with Gasteiger partial charge in [-0.1, -0.05) is 0 Å². The lowest BCUT2D eigenvalue weighted by Crippen LogP contribution is -2.35. The Labute approximate surface area is 164 Å². The number of methoxy groups -OCH3 is 1. The molecule has 0 bridgehead atoms. The monoisotopic (exact) mass is 427 g/mol. The van der Waals surface area contributed by atoms with Crippen molar-refractivity contribution in [3.8, 4) is 5.75 Å². The molecular formula is C17H21N3O6S2. The van der Waals surface area contributed by atoms with Crippen LogP contribution < -0.4 is 15.2 Å². The van der Waals surface area contributed by atoms with Crippen molar-refractivity contribution in [2.24, 2.45) is 5.14 Å². The summed E-state index contributed by atoms with van der Waals surface area (Å²) in [6.45, 7) is 1.29. The highest BCUT2D eigenvalue weighted by atomic mass is 32.2. The van der Waals surface area contributed by atoms with E-state index >= 15 is 0 Å². The molecule has 0 fully saturated rings. The van der Waals surface area contributed by atoms with Crippen LogP contribution in [0.5, 0.6) is 5.75 Å². The van der Waals surface area contributed by atoms with E-state index in [1.807, 2.05) is 0 Å². The molecule has 0 saturated heterocycles. The first kappa shape index (κ1) is 21.8. The lowest BCUT2D eigenvalue weighted by Gasteiger charge is -2.18. The van der Waals surface area contributed by atoms with Gasteiger partial charge in [-0.2, -0.15) is 4.31 Å². The molecule has 28 heavy (non-hydrogen) atoms. The van der Waals surface area contributed by atoms with E-state index in [4.69, 9.17) is 9.88 Å². The van der Waals surface area contributed by atoms with Gasteiger partial charge in [-0.05, 0) is 55.0 Å². The molecule has 0 aliphatic heterocycles. The maximum absolute atomic E-state index is 12.7. The maximum atomic E-state index is 12.7. The summed E-state index contributed by atoms with van der Waals surface area (Å²) in [7, 11) is -4.93. The van der Waals surface area contributed by atoms with Crippen molar-refractivity contribution in [3.63, 3.8) is 0 Å². The van der Waals surface area contributed by atoms with Crippen LogP contribution in [0.25, 0.3) is 0 Å². The highest BCUT2D eigenvalue weighted by Crippen LogP contribution is 2.23. The van der Waals surface area contributed by atoms with Crippen molar-refractivity contribution < 1.29 is 26.4 Å². The second-order valence-corrected chi connectivity index (χ2v) is 9.62. The lowest BCUT2D eigenvalue weighted by atomic mass is 10.2. The van der Waals surface area contributed by atoms with Gasteiger partial charge in [0.1, 0.15) is 5.75 Å². The summed E-state index contributed by atoms with van der Waals surface area (Å²) in [5.41, 5.74) is 0.958. The first-order chi connectivity index (χ1) is 12.9. The number of anilines is 1. The van der Waals surface area contributed by atoms with E-state index in [2.05, 4.69) is 5.32 Å². The van der Waals surface area contributed by atoms with Gasteiger partial charge in [0.2, 0.25) is 26.0 Å². The molecule has 9 nitrogen and oxygen atoms in total. The van der Waals surface area contributed by atoms with Crippen LogP contribution in [0, 0.1) is 6.92 Å². The number of aryl methyl sites for hydroxylation is 1. The Morgan fingerprint density at radius 3 is 2.14 bits per heavy atom. The first-order valence-electron chi connectivity index (χ1n) is 7.99. The number of benzene rings is 2. The van der Waals surface area contributed by atoms with Crippen LogP contribution in [0.2, 0.25) is 0 Å². The second kappa shape index (κ2) is 8.27. The summed E-state index contributed by atoms with van der Waals surface area (Å²) in [5.74, 6) is -0.0260. The number of nitrogens with two attached hydrogens (primary N) is 1. The van der Waals surface area contributed by atoms with Crippen LogP contribution in [0.4, 0.5) is 5.69 Å². The van der Waals surface area contributed by atoms with Crippen molar-refractivity contribution in [1.82, 2.24) is 4.31 Å². The molecule has 0 aliphatic carbocycles. The van der Waals surface area contributed by atoms with Crippen LogP contribution in [0.1, 0.15) is 5.56 Å². The smallest absolute Gasteiger partial charge is 0.243 e. The maximum Gasteiger partial charge on any atom is 0.243 e. The third kappa shape index (κ3) is 5.07. The minimum Gasteiger partial charge on any atom is -0.496 e. The van der Waals surface area contributed by atoms with Crippen molar-refractivity contribution in [2.45, 2.75) is 16.7 Å². The van der Waals surface area contributed by atoms with E-state index in [0.717, 1.165) is 4.31 Å². The summed E-state index contributed by atoms with van der Waals surface area (Å²) in [6, 6.07) is 9.62. The molecule has 0 spiro atoms. The standard InChI is InChI=1S/C17H21N3O6S2/c1-12-10-15(8-9-16(12)26-3)28(24,25)20(2)11-17(21)19-13-4-6-14(7-5-13)27(18,22)23/h4-10H,11H2,1-3H3,(H,19,21)(H2,18,22,23). The first-order valence-corrected chi connectivity index (χ1v) is 11.0. The number of carbonyl (C=O) groups excluding carboxylic acids is 1. The number of nitrogens with zero attached hydrogens (tertiary/aromatic N) is 1. The Kier molecular flexibility index (Phi) is 6.44. The fourth-order valence-electron chi connectivity index (χ4n) is 2.41. The molecule has 0 heterocycles. The number of likely N-dealkylation sites (N-methyl/N-ethyl adjacent to an activating group) is 1. The lowest BCUT2D eigenvalue weighted by molar-refractivity contribution is -0.116. The zero-order chi connectivity index (χ0) is 21.1. The van der Waals surface area contributed by atoms with E-state index < -0.39 is 32.5 Å². The van der Waals surface area contributed by atoms with Gasteiger partial charge in [0.25, 0.3) is 0 Å². The molecule has 0 aliphatic rings. The molecule has 3 N–H and O–H groups in total. The average Bonchev–Trinajstić information content (AvgIpc) is 2.61. The average molecular weight is 428 g/mol. The SMILES string of the molecule is COc1ccc(S(=O)(=O)N(C)CC(=O)Nc2ccc(S(N)(=O)=O)cc2)cc1C. The minimum absolute atomic E-state index is 0.0404. The molecule has 0 radical (unpaired) electrons. The summed E-state index contributed by atoms with van der Waals surface area (Å²) in [6.07, 6.45) is 0. The van der Waals surface area contributed by atoms with Crippen LogP contribution in [0.3, 0.4) is 0 Å². The Bertz CT molecular complexity index is 1080. The van der Waals surface area contributed by atoms with Gasteiger partial charge in [0.05, 0.1) is 23.4 Å². The third-order valence-electron chi connectivity index (χ3n) is 3.91. The Hall–Kier alpha value is -2.47. The van der Waals surface area contributed by atoms with Crippen LogP contribution >= 0.6 is 0 Å². The molecule has 0 saturated carbocycles. The number of rotatable bonds is 7. The third-order valence-corrected chi connectivity index (χ3v) is 6.64. The topological polar surface area (TPSA) is 136 Å². The molecule has 152 valence electrons. The number of nitrogens with one attached hydrogen (secondary N) is 1. The van der Waals surface area contributed by atoms with Gasteiger partial charge in [0.15, 0.2) is 0 Å². The van der Waals surface area contributed by atoms with E-state index in [1.54, 1.807) is 13.0 Å². The summed E-state index contributed by atoms with van der Waals surface area (Å²) in [5, 5.41) is 7.51. The Morgan fingerprint density at radius 2 is 1.64 bits per heavy atom.